The smallest absolute Gasteiger partial charge is 0.444 e. The molecule has 0 aromatic rings. The Morgan fingerprint density at radius 3 is 1.00 bits per heavy atom. The van der Waals surface area contributed by atoms with Gasteiger partial charge in [-0.05, 0) is 0 Å². The van der Waals surface area contributed by atoms with Gasteiger partial charge in [0.05, 0.1) is 0 Å². The Morgan fingerprint density at radius 1 is 1.00 bits per heavy atom. The van der Waals surface area contributed by atoms with E-state index in [1.54, 1.807) is 0 Å². The second-order valence-corrected chi connectivity index (χ2v) is 0.0745. The van der Waals surface area contributed by atoms with Crippen molar-refractivity contribution in [2.24, 2.45) is 5.34 Å². The van der Waals surface area contributed by atoms with Crippen LogP contribution in [0.4, 0.5) is 0 Å². The van der Waals surface area contributed by atoms with E-state index >= 15 is 0 Å². The molecule has 8 heteroatoms. The molecule has 0 aliphatic carbocycles. The molecular formula is H8CaNO6+. The van der Waals surface area contributed by atoms with Crippen molar-refractivity contribution in [2.45, 2.75) is 0 Å². The molecule has 0 fully saturated rings. The van der Waals surface area contributed by atoms with Crippen molar-refractivity contribution in [1.29, 1.82) is 0 Å². The topological polar surface area (TPSA) is 178 Å². The molecule has 7 nitrogen and oxygen atoms in total. The van der Waals surface area contributed by atoms with Gasteiger partial charge in [-0.25, -0.2) is 0 Å². The average Bonchev–Trinajstić information content (AvgIpc) is 0.918. The maximum atomic E-state index is 8.00. The van der Waals surface area contributed by atoms with Gasteiger partial charge in [0.2, 0.25) is 0 Å². The molecule has 0 aromatic carbocycles. The summed E-state index contributed by atoms with van der Waals surface area (Å²) in [7, 11) is 0. The largest absolute Gasteiger partial charge is 2.00 e. The summed E-state index contributed by atoms with van der Waals surface area (Å²) < 4.78 is 0. The van der Waals surface area contributed by atoms with Crippen LogP contribution in [0.15, 0.2) is 5.34 Å². The van der Waals surface area contributed by atoms with Crippen LogP contribution in [0, 0.1) is 10.1 Å². The quantitative estimate of drug-likeness (QED) is 0.202. The third kappa shape index (κ3) is 787. The van der Waals surface area contributed by atoms with E-state index < -0.39 is 0 Å². The van der Waals surface area contributed by atoms with E-state index in [0.29, 0.717) is 0 Å². The van der Waals surface area contributed by atoms with E-state index in [2.05, 4.69) is 0 Å². The Kier molecular flexibility index (Phi) is 1350. The fraction of sp³-hybridized carbons (Fsp3) is 0. The summed E-state index contributed by atoms with van der Waals surface area (Å²) in [5.41, 5.74) is 0. The predicted octanol–water partition coefficient (Wildman–Crippen LogP) is -3.43. The fourth-order valence-electron chi connectivity index (χ4n) is 0. The van der Waals surface area contributed by atoms with Crippen LogP contribution in [0.1, 0.15) is 0 Å². The van der Waals surface area contributed by atoms with E-state index in [9.17, 15) is 0 Å². The van der Waals surface area contributed by atoms with Crippen molar-refractivity contribution in [3.8, 4) is 0 Å². The van der Waals surface area contributed by atoms with Crippen molar-refractivity contribution in [3.63, 3.8) is 0 Å². The van der Waals surface area contributed by atoms with Gasteiger partial charge in [0.25, 0.3) is 0 Å². The molecule has 0 amide bonds. The van der Waals surface area contributed by atoms with Crippen molar-refractivity contribution in [3.05, 3.63) is 10.1 Å². The molecule has 0 bridgehead atoms. The molecule has 8 N–H and O–H groups in total. The molecule has 50 valence electrons. The number of rotatable bonds is 0. The van der Waals surface area contributed by atoms with Crippen LogP contribution in [0.3, 0.4) is 0 Å². The first-order chi connectivity index (χ1) is 1.41. The maximum absolute atomic E-state index is 8.00. The summed E-state index contributed by atoms with van der Waals surface area (Å²) in [6.45, 7) is 0. The fourth-order valence-corrected chi connectivity index (χ4v) is 0. The molecule has 0 unspecified atom stereocenters. The van der Waals surface area contributed by atoms with E-state index in [1.807, 2.05) is 0 Å². The first-order valence-electron chi connectivity index (χ1n) is 0.365. The van der Waals surface area contributed by atoms with E-state index in [0.717, 1.165) is 5.34 Å². The zero-order valence-electron chi connectivity index (χ0n) is 3.97. The molecule has 0 aliphatic heterocycles. The van der Waals surface area contributed by atoms with Gasteiger partial charge >= 0.3 is 37.7 Å². The van der Waals surface area contributed by atoms with Gasteiger partial charge in [-0.1, -0.05) is 0 Å². The second-order valence-electron chi connectivity index (χ2n) is 0.0745. The minimum Gasteiger partial charge on any atom is -0.444 e. The number of nitrogens with zero attached hydrogens (tertiary/aromatic N) is 1. The summed E-state index contributed by atoms with van der Waals surface area (Å²) in [4.78, 5) is 8.00. The molecular weight excluding hydrogens is 150 g/mol. The molecule has 0 aromatic heterocycles. The van der Waals surface area contributed by atoms with Gasteiger partial charge in [-0.2, -0.15) is 0 Å². The van der Waals surface area contributed by atoms with E-state index in [4.69, 9.17) is 10.1 Å². The van der Waals surface area contributed by atoms with Gasteiger partial charge in [0.15, 0.2) is 0 Å². The van der Waals surface area contributed by atoms with Gasteiger partial charge in [0.1, 0.15) is 0 Å². The molecule has 0 radical (unpaired) electrons. The summed E-state index contributed by atoms with van der Waals surface area (Å²) in [6, 6.07) is 0. The summed E-state index contributed by atoms with van der Waals surface area (Å²) in [5.74, 6) is 0. The van der Waals surface area contributed by atoms with Crippen LogP contribution in [0.5, 0.6) is 0 Å². The van der Waals surface area contributed by atoms with E-state index in [-0.39, 0.29) is 59.6 Å². The SMILES string of the molecule is O.O.O.O.O=N[O-].[Ca+2]. The normalized spacial score (nSPS) is 1.50. The van der Waals surface area contributed by atoms with Crippen molar-refractivity contribution >= 4 is 37.7 Å². The van der Waals surface area contributed by atoms with Crippen molar-refractivity contribution in [1.82, 2.24) is 0 Å². The van der Waals surface area contributed by atoms with Gasteiger partial charge in [0, 0.05) is 0 Å². The molecule has 0 aliphatic rings. The second kappa shape index (κ2) is 141. The molecule has 0 saturated heterocycles. The zero-order chi connectivity index (χ0) is 2.71. The predicted molar refractivity (Wildman–Crippen MR) is 29.4 cm³/mol. The van der Waals surface area contributed by atoms with Crippen LogP contribution in [0.2, 0.25) is 0 Å². The number of hydrogen-bond acceptors (Lipinski definition) is 3. The number of hydrogen-bond donors (Lipinski definition) is 0. The maximum Gasteiger partial charge on any atom is 2.00 e. The Bertz CT molecular complexity index is 16.0. The Hall–Kier alpha value is 0.500. The monoisotopic (exact) mass is 158 g/mol. The van der Waals surface area contributed by atoms with Gasteiger partial charge < -0.3 is 32.0 Å². The van der Waals surface area contributed by atoms with Crippen LogP contribution < -0.4 is 0 Å². The van der Waals surface area contributed by atoms with Crippen LogP contribution >= 0.6 is 0 Å². The summed E-state index contributed by atoms with van der Waals surface area (Å²) >= 11 is 0. The van der Waals surface area contributed by atoms with Gasteiger partial charge in [-0.3, -0.25) is 0 Å². The first kappa shape index (κ1) is 76.5. The molecule has 0 heterocycles. The van der Waals surface area contributed by atoms with Crippen molar-refractivity contribution < 1.29 is 21.9 Å². The van der Waals surface area contributed by atoms with Crippen molar-refractivity contribution in [2.75, 3.05) is 0 Å². The Balaban J connectivity index is -0.00000000200. The third-order valence-electron chi connectivity index (χ3n) is 0. The van der Waals surface area contributed by atoms with Crippen LogP contribution in [0.25, 0.3) is 0 Å². The summed E-state index contributed by atoms with van der Waals surface area (Å²) in [5, 5.41) is 9.00. The third-order valence-corrected chi connectivity index (χ3v) is 0. The molecule has 0 saturated carbocycles. The molecule has 8 heavy (non-hydrogen) atoms. The first-order valence-corrected chi connectivity index (χ1v) is 0.365. The van der Waals surface area contributed by atoms with Gasteiger partial charge in [-0.15, -0.1) is 5.34 Å². The van der Waals surface area contributed by atoms with Crippen LogP contribution in [-0.2, 0) is 0 Å². The minimum atomic E-state index is 0. The van der Waals surface area contributed by atoms with E-state index in [1.165, 1.54) is 0 Å². The molecule has 0 atom stereocenters. The Labute approximate surface area is 74.9 Å². The standard InChI is InChI=1S/Ca.HNO2.4H2O/c;2-1-3;;;;/h;(H,2,3);4*1H2/q+2;;;;;/p-1. The minimum absolute atomic E-state index is 0. The zero-order valence-corrected chi connectivity index (χ0v) is 6.18. The van der Waals surface area contributed by atoms with Crippen LogP contribution in [-0.4, -0.2) is 59.6 Å². The summed E-state index contributed by atoms with van der Waals surface area (Å²) in [6.07, 6.45) is 0. The average molecular weight is 158 g/mol. The molecule has 0 spiro atoms. The Morgan fingerprint density at radius 2 is 1.00 bits per heavy atom. The molecule has 0 rings (SSSR count).